The highest BCUT2D eigenvalue weighted by Crippen LogP contribution is 2.28. The van der Waals surface area contributed by atoms with E-state index in [0.29, 0.717) is 37.4 Å². The van der Waals surface area contributed by atoms with E-state index in [-0.39, 0.29) is 11.5 Å². The average molecular weight is 316 g/mol. The van der Waals surface area contributed by atoms with E-state index in [4.69, 9.17) is 9.47 Å². The van der Waals surface area contributed by atoms with Crippen LogP contribution in [0.5, 0.6) is 0 Å². The smallest absolute Gasteiger partial charge is 0.256 e. The van der Waals surface area contributed by atoms with E-state index in [1.54, 1.807) is 18.6 Å². The van der Waals surface area contributed by atoms with Crippen LogP contribution in [0.4, 0.5) is 0 Å². The molecule has 2 aromatic rings. The maximum absolute atomic E-state index is 13.0. The van der Waals surface area contributed by atoms with Crippen molar-refractivity contribution in [3.63, 3.8) is 0 Å². The number of hydrogen-bond donors (Lipinski definition) is 0. The quantitative estimate of drug-likeness (QED) is 0.785. The summed E-state index contributed by atoms with van der Waals surface area (Å²) in [5, 5.41) is 0. The summed E-state index contributed by atoms with van der Waals surface area (Å²) in [5.41, 5.74) is 1.63. The topological polar surface area (TPSA) is 69.5 Å². The van der Waals surface area contributed by atoms with Gasteiger partial charge in [0, 0.05) is 26.4 Å². The van der Waals surface area contributed by atoms with Crippen LogP contribution in [-0.4, -0.2) is 63.9 Å². The number of ether oxygens (including phenoxy) is 2. The number of morpholine rings is 1. The number of carbonyl (C=O) groups excluding carboxylic acids is 1. The Morgan fingerprint density at radius 1 is 1.35 bits per heavy atom. The Labute approximate surface area is 134 Å². The normalized spacial score (nSPS) is 25.2. The van der Waals surface area contributed by atoms with Gasteiger partial charge in [-0.2, -0.15) is 0 Å². The van der Waals surface area contributed by atoms with Crippen LogP contribution < -0.4 is 0 Å². The Kier molecular flexibility index (Phi) is 3.54. The number of rotatable bonds is 1. The van der Waals surface area contributed by atoms with Gasteiger partial charge in [-0.3, -0.25) is 4.79 Å². The third-order valence-corrected chi connectivity index (χ3v) is 4.65. The van der Waals surface area contributed by atoms with Crippen molar-refractivity contribution in [1.29, 1.82) is 0 Å². The highest BCUT2D eigenvalue weighted by molar-refractivity contribution is 6.04. The Morgan fingerprint density at radius 3 is 3.09 bits per heavy atom. The van der Waals surface area contributed by atoms with E-state index in [1.165, 1.54) is 0 Å². The lowest BCUT2D eigenvalue weighted by Crippen LogP contribution is -2.57. The van der Waals surface area contributed by atoms with Gasteiger partial charge in [0.2, 0.25) is 0 Å². The SMILES string of the molecule is Cn1cnc2c(C(=O)N3CCOC4(CCCOC4)C3)ccnc21. The molecule has 1 spiro atoms. The molecule has 7 nitrogen and oxygen atoms in total. The molecule has 1 amide bonds. The molecular weight excluding hydrogens is 296 g/mol. The van der Waals surface area contributed by atoms with Gasteiger partial charge in [0.05, 0.1) is 31.6 Å². The molecule has 2 aromatic heterocycles. The predicted octanol–water partition coefficient (Wildman–Crippen LogP) is 0.990. The van der Waals surface area contributed by atoms with Gasteiger partial charge >= 0.3 is 0 Å². The van der Waals surface area contributed by atoms with E-state index in [0.717, 1.165) is 25.1 Å². The molecule has 0 bridgehead atoms. The number of aryl methyl sites for hydroxylation is 1. The van der Waals surface area contributed by atoms with Crippen molar-refractivity contribution in [2.45, 2.75) is 18.4 Å². The first-order chi connectivity index (χ1) is 11.2. The molecule has 2 fully saturated rings. The van der Waals surface area contributed by atoms with Crippen LogP contribution in [0.1, 0.15) is 23.2 Å². The Morgan fingerprint density at radius 2 is 2.26 bits per heavy atom. The minimum atomic E-state index is -0.345. The van der Waals surface area contributed by atoms with Gasteiger partial charge in [0.15, 0.2) is 5.65 Å². The van der Waals surface area contributed by atoms with E-state index < -0.39 is 0 Å². The fourth-order valence-electron chi connectivity index (χ4n) is 3.45. The third-order valence-electron chi connectivity index (χ3n) is 4.65. The number of carbonyl (C=O) groups is 1. The van der Waals surface area contributed by atoms with Crippen molar-refractivity contribution >= 4 is 17.1 Å². The summed E-state index contributed by atoms with van der Waals surface area (Å²) in [7, 11) is 1.87. The highest BCUT2D eigenvalue weighted by atomic mass is 16.5. The predicted molar refractivity (Wildman–Crippen MR) is 83.1 cm³/mol. The van der Waals surface area contributed by atoms with Gasteiger partial charge in [-0.25, -0.2) is 9.97 Å². The van der Waals surface area contributed by atoms with E-state index in [2.05, 4.69) is 9.97 Å². The maximum Gasteiger partial charge on any atom is 0.256 e. The number of fused-ring (bicyclic) bond motifs is 1. The van der Waals surface area contributed by atoms with Crippen LogP contribution in [-0.2, 0) is 16.5 Å². The van der Waals surface area contributed by atoms with Crippen LogP contribution in [0.2, 0.25) is 0 Å². The Bertz CT molecular complexity index is 730. The van der Waals surface area contributed by atoms with E-state index in [9.17, 15) is 4.79 Å². The Balaban J connectivity index is 1.62. The molecule has 2 saturated heterocycles. The molecule has 1 atom stereocenters. The van der Waals surface area contributed by atoms with E-state index in [1.807, 2.05) is 16.5 Å². The van der Waals surface area contributed by atoms with Crippen LogP contribution in [0.3, 0.4) is 0 Å². The number of hydrogen-bond acceptors (Lipinski definition) is 5. The lowest BCUT2D eigenvalue weighted by atomic mass is 9.94. The zero-order valence-electron chi connectivity index (χ0n) is 13.2. The number of imidazole rings is 1. The molecule has 1 unspecified atom stereocenters. The van der Waals surface area contributed by atoms with Gasteiger partial charge < -0.3 is 18.9 Å². The maximum atomic E-state index is 13.0. The largest absolute Gasteiger partial charge is 0.378 e. The average Bonchev–Trinajstić information content (AvgIpc) is 2.96. The first-order valence-electron chi connectivity index (χ1n) is 7.96. The zero-order valence-corrected chi connectivity index (χ0v) is 13.2. The molecule has 0 N–H and O–H groups in total. The summed E-state index contributed by atoms with van der Waals surface area (Å²) < 4.78 is 13.4. The number of pyridine rings is 1. The van der Waals surface area contributed by atoms with Crippen LogP contribution >= 0.6 is 0 Å². The molecule has 2 aliphatic heterocycles. The molecular formula is C16H20N4O3. The summed E-state index contributed by atoms with van der Waals surface area (Å²) in [6.45, 7) is 3.05. The number of amides is 1. The summed E-state index contributed by atoms with van der Waals surface area (Å²) in [6, 6.07) is 1.75. The molecule has 23 heavy (non-hydrogen) atoms. The Hall–Kier alpha value is -1.99. The van der Waals surface area contributed by atoms with Crippen molar-refractivity contribution in [2.24, 2.45) is 7.05 Å². The molecule has 7 heteroatoms. The molecule has 0 saturated carbocycles. The minimum absolute atomic E-state index is 0.00986. The second-order valence-electron chi connectivity index (χ2n) is 6.30. The van der Waals surface area contributed by atoms with Crippen LogP contribution in [0, 0.1) is 0 Å². The first kappa shape index (κ1) is 14.6. The molecule has 4 heterocycles. The monoisotopic (exact) mass is 316 g/mol. The van der Waals surface area contributed by atoms with Crippen LogP contribution in [0.25, 0.3) is 11.2 Å². The molecule has 0 aromatic carbocycles. The number of nitrogens with zero attached hydrogens (tertiary/aromatic N) is 4. The van der Waals surface area contributed by atoms with Crippen molar-refractivity contribution in [3.05, 3.63) is 24.2 Å². The summed E-state index contributed by atoms with van der Waals surface area (Å²) in [5.74, 6) is -0.00986. The van der Waals surface area contributed by atoms with Gasteiger partial charge in [0.25, 0.3) is 5.91 Å². The molecule has 4 rings (SSSR count). The van der Waals surface area contributed by atoms with Gasteiger partial charge in [0.1, 0.15) is 11.1 Å². The van der Waals surface area contributed by atoms with Gasteiger partial charge in [-0.05, 0) is 18.9 Å². The van der Waals surface area contributed by atoms with Crippen molar-refractivity contribution in [2.75, 3.05) is 32.9 Å². The fourth-order valence-corrected chi connectivity index (χ4v) is 3.45. The standard InChI is InChI=1S/C16H20N4O3/c1-19-11-18-13-12(3-5-17-14(13)19)15(21)20-6-8-23-16(9-20)4-2-7-22-10-16/h3,5,11H,2,4,6-10H2,1H3. The molecule has 0 aliphatic carbocycles. The second-order valence-corrected chi connectivity index (χ2v) is 6.30. The summed E-state index contributed by atoms with van der Waals surface area (Å²) in [6.07, 6.45) is 5.26. The first-order valence-corrected chi connectivity index (χ1v) is 7.96. The van der Waals surface area contributed by atoms with Gasteiger partial charge in [-0.1, -0.05) is 0 Å². The number of aromatic nitrogens is 3. The third kappa shape index (κ3) is 2.49. The molecule has 0 radical (unpaired) electrons. The van der Waals surface area contributed by atoms with E-state index >= 15 is 0 Å². The second kappa shape index (κ2) is 5.58. The lowest BCUT2D eigenvalue weighted by molar-refractivity contribution is -0.160. The van der Waals surface area contributed by atoms with Crippen LogP contribution in [0.15, 0.2) is 18.6 Å². The van der Waals surface area contributed by atoms with Crippen molar-refractivity contribution in [3.8, 4) is 0 Å². The lowest BCUT2D eigenvalue weighted by Gasteiger charge is -2.44. The fraction of sp³-hybridized carbons (Fsp3) is 0.562. The molecule has 2 aliphatic rings. The zero-order chi connectivity index (χ0) is 15.9. The highest BCUT2D eigenvalue weighted by Gasteiger charge is 2.40. The van der Waals surface area contributed by atoms with Crippen molar-refractivity contribution < 1.29 is 14.3 Å². The van der Waals surface area contributed by atoms with Gasteiger partial charge in [-0.15, -0.1) is 0 Å². The molecule has 122 valence electrons. The van der Waals surface area contributed by atoms with Crippen molar-refractivity contribution in [1.82, 2.24) is 19.4 Å². The minimum Gasteiger partial charge on any atom is -0.378 e. The summed E-state index contributed by atoms with van der Waals surface area (Å²) >= 11 is 0. The summed E-state index contributed by atoms with van der Waals surface area (Å²) in [4.78, 5) is 23.5.